The second-order valence-corrected chi connectivity index (χ2v) is 9.85. The van der Waals surface area contributed by atoms with Gasteiger partial charge in [0.05, 0.1) is 11.3 Å². The molecule has 0 fully saturated rings. The number of aryl methyl sites for hydroxylation is 3. The lowest BCUT2D eigenvalue weighted by Crippen LogP contribution is -2.23. The molecule has 0 unspecified atom stereocenters. The molecule has 0 aliphatic heterocycles. The Morgan fingerprint density at radius 2 is 1.85 bits per heavy atom. The second kappa shape index (κ2) is 9.16. The zero-order valence-electron chi connectivity index (χ0n) is 19.1. The molecule has 0 atom stereocenters. The summed E-state index contributed by atoms with van der Waals surface area (Å²) in [5.74, 6) is 1.27. The fraction of sp³-hybridized carbons (Fsp3) is 0.261. The monoisotopic (exact) mass is 465 g/mol. The van der Waals surface area contributed by atoms with Crippen LogP contribution >= 0.6 is 0 Å². The summed E-state index contributed by atoms with van der Waals surface area (Å²) in [6.07, 6.45) is 2.15. The van der Waals surface area contributed by atoms with Crippen molar-refractivity contribution in [2.45, 2.75) is 13.3 Å². The van der Waals surface area contributed by atoms with Gasteiger partial charge in [-0.15, -0.1) is 0 Å². The largest absolute Gasteiger partial charge is 0.329 e. The molecule has 4 aromatic rings. The van der Waals surface area contributed by atoms with Crippen LogP contribution in [-0.4, -0.2) is 48.0 Å². The first-order chi connectivity index (χ1) is 15.8. The van der Waals surface area contributed by atoms with Gasteiger partial charge < -0.3 is 10.2 Å². The molecule has 0 saturated heterocycles. The Balaban J connectivity index is 1.47. The Kier molecular flexibility index (Phi) is 6.30. The molecule has 0 bridgehead atoms. The molecule has 10 heteroatoms. The fourth-order valence-corrected chi connectivity index (χ4v) is 4.20. The van der Waals surface area contributed by atoms with Crippen LogP contribution in [-0.2, 0) is 23.5 Å². The van der Waals surface area contributed by atoms with Crippen LogP contribution in [0.1, 0.15) is 11.3 Å². The van der Waals surface area contributed by atoms with Crippen molar-refractivity contribution in [2.24, 2.45) is 7.05 Å². The van der Waals surface area contributed by atoms with E-state index in [2.05, 4.69) is 44.2 Å². The van der Waals surface area contributed by atoms with Gasteiger partial charge in [0.2, 0.25) is 16.0 Å². The van der Waals surface area contributed by atoms with E-state index in [1.165, 1.54) is 7.05 Å². The molecule has 172 valence electrons. The van der Waals surface area contributed by atoms with Gasteiger partial charge in [-0.3, -0.25) is 4.68 Å². The Morgan fingerprint density at radius 3 is 2.58 bits per heavy atom. The van der Waals surface area contributed by atoms with E-state index < -0.39 is 10.0 Å². The highest BCUT2D eigenvalue weighted by molar-refractivity contribution is 7.89. The van der Waals surface area contributed by atoms with Crippen molar-refractivity contribution >= 4 is 44.1 Å². The molecule has 2 aromatic heterocycles. The molecule has 33 heavy (non-hydrogen) atoms. The van der Waals surface area contributed by atoms with Crippen LogP contribution in [0, 0.1) is 6.92 Å². The molecule has 9 nitrogen and oxygen atoms in total. The molecule has 0 aliphatic carbocycles. The van der Waals surface area contributed by atoms with Gasteiger partial charge in [0.25, 0.3) is 0 Å². The third-order valence-electron chi connectivity index (χ3n) is 5.67. The molecule has 2 heterocycles. The molecule has 0 spiro atoms. The lowest BCUT2D eigenvalue weighted by Gasteiger charge is -2.19. The van der Waals surface area contributed by atoms with Crippen molar-refractivity contribution in [3.05, 3.63) is 66.0 Å². The molecular formula is C23H27N7O2S. The Morgan fingerprint density at radius 1 is 1.09 bits per heavy atom. The van der Waals surface area contributed by atoms with Gasteiger partial charge in [-0.2, -0.15) is 10.1 Å². The number of hydrogen-bond acceptors (Lipinski definition) is 7. The smallest absolute Gasteiger partial charge is 0.229 e. The average molecular weight is 466 g/mol. The van der Waals surface area contributed by atoms with Gasteiger partial charge in [0.15, 0.2) is 0 Å². The summed E-state index contributed by atoms with van der Waals surface area (Å²) < 4.78 is 27.4. The summed E-state index contributed by atoms with van der Waals surface area (Å²) in [5.41, 5.74) is 4.80. The number of hydrogen-bond donors (Lipinski definition) is 2. The molecule has 2 N–H and O–H groups in total. The highest BCUT2D eigenvalue weighted by Gasteiger charge is 2.11. The summed E-state index contributed by atoms with van der Waals surface area (Å²) >= 11 is 0. The van der Waals surface area contributed by atoms with Crippen LogP contribution in [0.2, 0.25) is 0 Å². The molecule has 0 aliphatic rings. The Bertz CT molecular complexity index is 1380. The lowest BCUT2D eigenvalue weighted by atomic mass is 10.1. The van der Waals surface area contributed by atoms with E-state index >= 15 is 0 Å². The van der Waals surface area contributed by atoms with Crippen molar-refractivity contribution in [1.29, 1.82) is 0 Å². The van der Waals surface area contributed by atoms with Crippen LogP contribution in [0.4, 0.5) is 23.1 Å². The standard InChI is InChI=1S/C23H27N7O2S/c1-16-20-10-9-19(15-21(20)28-30(16)4)29(3)22-11-13-25-23(27-22)26-18-7-5-17(6-8-18)12-14-33(31,32)24-2/h5-11,13,15,24H,12,14H2,1-4H3,(H,25,26,27). The van der Waals surface area contributed by atoms with Crippen molar-refractivity contribution in [1.82, 2.24) is 24.5 Å². The van der Waals surface area contributed by atoms with Gasteiger partial charge in [0, 0.05) is 42.7 Å². The summed E-state index contributed by atoms with van der Waals surface area (Å²) in [4.78, 5) is 11.0. The fourth-order valence-electron chi connectivity index (χ4n) is 3.49. The van der Waals surface area contributed by atoms with Gasteiger partial charge in [-0.05, 0) is 62.4 Å². The van der Waals surface area contributed by atoms with Gasteiger partial charge in [-0.25, -0.2) is 18.1 Å². The summed E-state index contributed by atoms with van der Waals surface area (Å²) in [6.45, 7) is 2.05. The van der Waals surface area contributed by atoms with Crippen molar-refractivity contribution in [2.75, 3.05) is 30.1 Å². The van der Waals surface area contributed by atoms with Crippen molar-refractivity contribution in [3.63, 3.8) is 0 Å². The van der Waals surface area contributed by atoms with Crippen LogP contribution in [0.25, 0.3) is 10.9 Å². The first kappa shape index (κ1) is 22.7. The number of sulfonamides is 1. The van der Waals surface area contributed by atoms with E-state index in [4.69, 9.17) is 0 Å². The molecule has 4 rings (SSSR count). The molecular weight excluding hydrogens is 438 g/mol. The lowest BCUT2D eigenvalue weighted by molar-refractivity contribution is 0.587. The SMILES string of the molecule is CNS(=O)(=O)CCc1ccc(Nc2nccc(N(C)c3ccc4c(C)n(C)nc4c3)n2)cc1. The number of rotatable bonds is 8. The number of aromatic nitrogens is 4. The van der Waals surface area contributed by atoms with Crippen LogP contribution in [0.15, 0.2) is 54.7 Å². The van der Waals surface area contributed by atoms with Gasteiger partial charge in [0.1, 0.15) is 5.82 Å². The summed E-state index contributed by atoms with van der Waals surface area (Å²) in [6, 6.07) is 15.6. The molecule has 0 amide bonds. The maximum absolute atomic E-state index is 11.6. The minimum Gasteiger partial charge on any atom is -0.329 e. The van der Waals surface area contributed by atoms with E-state index in [-0.39, 0.29) is 5.75 Å². The number of fused-ring (bicyclic) bond motifs is 1. The minimum atomic E-state index is -3.22. The molecule has 0 radical (unpaired) electrons. The first-order valence-corrected chi connectivity index (χ1v) is 12.2. The van der Waals surface area contributed by atoms with Crippen molar-refractivity contribution < 1.29 is 8.42 Å². The third kappa shape index (κ3) is 5.12. The van der Waals surface area contributed by atoms with Crippen molar-refractivity contribution in [3.8, 4) is 0 Å². The summed E-state index contributed by atoms with van der Waals surface area (Å²) in [5, 5.41) is 8.91. The van der Waals surface area contributed by atoms with E-state index in [1.807, 2.05) is 60.1 Å². The third-order valence-corrected chi connectivity index (χ3v) is 7.03. The minimum absolute atomic E-state index is 0.0532. The normalized spacial score (nSPS) is 11.6. The van der Waals surface area contributed by atoms with E-state index in [9.17, 15) is 8.42 Å². The number of nitrogens with zero attached hydrogens (tertiary/aromatic N) is 5. The average Bonchev–Trinajstić information content (AvgIpc) is 3.11. The van der Waals surface area contributed by atoms with Crippen LogP contribution < -0.4 is 14.9 Å². The van der Waals surface area contributed by atoms with Crippen LogP contribution in [0.3, 0.4) is 0 Å². The highest BCUT2D eigenvalue weighted by Crippen LogP contribution is 2.27. The highest BCUT2D eigenvalue weighted by atomic mass is 32.2. The quantitative estimate of drug-likeness (QED) is 0.411. The number of benzene rings is 2. The van der Waals surface area contributed by atoms with Gasteiger partial charge >= 0.3 is 0 Å². The topological polar surface area (TPSA) is 105 Å². The second-order valence-electron chi connectivity index (χ2n) is 7.80. The Hall–Kier alpha value is -3.50. The predicted molar refractivity (Wildman–Crippen MR) is 132 cm³/mol. The maximum atomic E-state index is 11.6. The zero-order valence-corrected chi connectivity index (χ0v) is 19.9. The zero-order chi connectivity index (χ0) is 23.6. The van der Waals surface area contributed by atoms with E-state index in [0.717, 1.165) is 39.4 Å². The number of anilines is 4. The van der Waals surface area contributed by atoms with Crippen LogP contribution in [0.5, 0.6) is 0 Å². The predicted octanol–water partition coefficient (Wildman–Crippen LogP) is 3.27. The maximum Gasteiger partial charge on any atom is 0.229 e. The first-order valence-electron chi connectivity index (χ1n) is 10.5. The molecule has 2 aromatic carbocycles. The van der Waals surface area contributed by atoms with E-state index in [0.29, 0.717) is 12.4 Å². The van der Waals surface area contributed by atoms with E-state index in [1.54, 1.807) is 6.20 Å². The Labute approximate surface area is 193 Å². The number of nitrogens with one attached hydrogen (secondary N) is 2. The molecule has 0 saturated carbocycles. The van der Waals surface area contributed by atoms with Gasteiger partial charge in [-0.1, -0.05) is 12.1 Å². The summed E-state index contributed by atoms with van der Waals surface area (Å²) in [7, 11) is 2.10.